The van der Waals surface area contributed by atoms with E-state index in [9.17, 15) is 4.79 Å². The van der Waals surface area contributed by atoms with Gasteiger partial charge >= 0.3 is 0 Å². The van der Waals surface area contributed by atoms with Crippen molar-refractivity contribution in [1.82, 2.24) is 25.1 Å². The fourth-order valence-electron chi connectivity index (χ4n) is 3.91. The SMILES string of the molecule is Cc1cnc(C(=O)NC2CC(C)(C)Cc3c2cnn3Cc2cccc(Cl)c2)cn1. The predicted molar refractivity (Wildman–Crippen MR) is 112 cm³/mol. The molecule has 150 valence electrons. The summed E-state index contributed by atoms with van der Waals surface area (Å²) in [6.45, 7) is 6.93. The van der Waals surface area contributed by atoms with Crippen molar-refractivity contribution >= 4 is 17.5 Å². The molecule has 0 fully saturated rings. The van der Waals surface area contributed by atoms with Gasteiger partial charge in [0.2, 0.25) is 0 Å². The highest BCUT2D eigenvalue weighted by Crippen LogP contribution is 2.41. The van der Waals surface area contributed by atoms with Crippen molar-refractivity contribution in [1.29, 1.82) is 0 Å². The molecule has 29 heavy (non-hydrogen) atoms. The van der Waals surface area contributed by atoms with Gasteiger partial charge < -0.3 is 5.32 Å². The number of nitrogens with one attached hydrogen (secondary N) is 1. The van der Waals surface area contributed by atoms with Crippen LogP contribution in [-0.4, -0.2) is 25.7 Å². The van der Waals surface area contributed by atoms with Crippen molar-refractivity contribution in [2.75, 3.05) is 0 Å². The van der Waals surface area contributed by atoms with Crippen LogP contribution in [0, 0.1) is 12.3 Å². The summed E-state index contributed by atoms with van der Waals surface area (Å²) in [4.78, 5) is 21.1. The summed E-state index contributed by atoms with van der Waals surface area (Å²) < 4.78 is 2.02. The Bertz CT molecular complexity index is 1040. The van der Waals surface area contributed by atoms with Crippen LogP contribution in [0.25, 0.3) is 0 Å². The molecule has 2 heterocycles. The molecule has 1 aliphatic carbocycles. The van der Waals surface area contributed by atoms with Crippen LogP contribution in [0.1, 0.15) is 59.3 Å². The Morgan fingerprint density at radius 2 is 2.10 bits per heavy atom. The van der Waals surface area contributed by atoms with Crippen LogP contribution in [-0.2, 0) is 13.0 Å². The van der Waals surface area contributed by atoms with Crippen LogP contribution in [0.2, 0.25) is 5.02 Å². The van der Waals surface area contributed by atoms with Gasteiger partial charge in [-0.05, 0) is 42.9 Å². The number of aromatic nitrogens is 4. The van der Waals surface area contributed by atoms with Crippen molar-refractivity contribution in [2.45, 2.75) is 46.2 Å². The fourth-order valence-corrected chi connectivity index (χ4v) is 4.13. The quantitative estimate of drug-likeness (QED) is 0.703. The molecule has 1 unspecified atom stereocenters. The van der Waals surface area contributed by atoms with Gasteiger partial charge in [0.25, 0.3) is 5.91 Å². The summed E-state index contributed by atoms with van der Waals surface area (Å²) in [7, 11) is 0. The molecule has 2 aromatic heterocycles. The van der Waals surface area contributed by atoms with E-state index >= 15 is 0 Å². The number of hydrogen-bond donors (Lipinski definition) is 1. The van der Waals surface area contributed by atoms with E-state index in [0.29, 0.717) is 17.3 Å². The summed E-state index contributed by atoms with van der Waals surface area (Å²) in [6, 6.07) is 7.70. The monoisotopic (exact) mass is 409 g/mol. The smallest absolute Gasteiger partial charge is 0.271 e. The number of benzene rings is 1. The third kappa shape index (κ3) is 4.32. The first-order chi connectivity index (χ1) is 13.8. The maximum Gasteiger partial charge on any atom is 0.271 e. The van der Waals surface area contributed by atoms with Crippen LogP contribution in [0.5, 0.6) is 0 Å². The van der Waals surface area contributed by atoms with Crippen molar-refractivity contribution in [3.8, 4) is 0 Å². The number of fused-ring (bicyclic) bond motifs is 1. The Balaban J connectivity index is 1.60. The molecule has 1 N–H and O–H groups in total. The Morgan fingerprint density at radius 3 is 2.83 bits per heavy atom. The summed E-state index contributed by atoms with van der Waals surface area (Å²) in [5.74, 6) is -0.214. The van der Waals surface area contributed by atoms with Gasteiger partial charge in [0.1, 0.15) is 5.69 Å². The molecular weight excluding hydrogens is 386 g/mol. The molecule has 0 saturated heterocycles. The van der Waals surface area contributed by atoms with E-state index in [-0.39, 0.29) is 17.4 Å². The molecule has 6 nitrogen and oxygen atoms in total. The number of nitrogens with zero attached hydrogens (tertiary/aromatic N) is 4. The summed E-state index contributed by atoms with van der Waals surface area (Å²) in [5, 5.41) is 8.48. The van der Waals surface area contributed by atoms with E-state index in [1.807, 2.05) is 42.1 Å². The van der Waals surface area contributed by atoms with E-state index in [1.165, 1.54) is 6.20 Å². The Hall–Kier alpha value is -2.73. The van der Waals surface area contributed by atoms with Crippen LogP contribution in [0.4, 0.5) is 0 Å². The van der Waals surface area contributed by atoms with Gasteiger partial charge in [-0.15, -0.1) is 0 Å². The van der Waals surface area contributed by atoms with Gasteiger partial charge in [-0.1, -0.05) is 37.6 Å². The molecule has 1 aliphatic rings. The lowest BCUT2D eigenvalue weighted by Gasteiger charge is -2.36. The summed E-state index contributed by atoms with van der Waals surface area (Å²) in [5.41, 5.74) is 4.47. The highest BCUT2D eigenvalue weighted by Gasteiger charge is 2.36. The number of halogens is 1. The van der Waals surface area contributed by atoms with E-state index in [0.717, 1.165) is 35.4 Å². The lowest BCUT2D eigenvalue weighted by Crippen LogP contribution is -2.37. The molecule has 0 spiro atoms. The molecule has 1 atom stereocenters. The zero-order chi connectivity index (χ0) is 20.6. The first kappa shape index (κ1) is 19.6. The molecule has 7 heteroatoms. The standard InChI is InChI=1S/C22H24ClN5O/c1-14-10-25-19(12-24-14)21(29)27-18-8-22(2,3)9-20-17(18)11-26-28(20)13-15-5-4-6-16(23)7-15/h4-7,10-12,18H,8-9,13H2,1-3H3,(H,27,29). The normalized spacial score (nSPS) is 17.6. The van der Waals surface area contributed by atoms with Gasteiger partial charge in [0.15, 0.2) is 0 Å². The second kappa shape index (κ2) is 7.59. The number of carbonyl (C=O) groups is 1. The van der Waals surface area contributed by atoms with Gasteiger partial charge in [-0.2, -0.15) is 5.10 Å². The third-order valence-corrected chi connectivity index (χ3v) is 5.53. The minimum atomic E-state index is -0.214. The van der Waals surface area contributed by atoms with Gasteiger partial charge in [0, 0.05) is 22.5 Å². The number of carbonyl (C=O) groups excluding carboxylic acids is 1. The van der Waals surface area contributed by atoms with E-state index < -0.39 is 0 Å². The average Bonchev–Trinajstić information content (AvgIpc) is 3.04. The zero-order valence-electron chi connectivity index (χ0n) is 16.8. The number of aryl methyl sites for hydroxylation is 1. The predicted octanol–water partition coefficient (Wildman–Crippen LogP) is 4.13. The van der Waals surface area contributed by atoms with Crippen molar-refractivity contribution < 1.29 is 4.79 Å². The van der Waals surface area contributed by atoms with Crippen molar-refractivity contribution in [3.05, 3.63) is 76.1 Å². The second-order valence-electron chi connectivity index (χ2n) is 8.45. The Morgan fingerprint density at radius 1 is 1.28 bits per heavy atom. The van der Waals surface area contributed by atoms with Crippen molar-refractivity contribution in [3.63, 3.8) is 0 Å². The van der Waals surface area contributed by atoms with Crippen LogP contribution >= 0.6 is 11.6 Å². The van der Waals surface area contributed by atoms with Crippen LogP contribution in [0.15, 0.2) is 42.9 Å². The third-order valence-electron chi connectivity index (χ3n) is 5.30. The molecule has 0 aliphatic heterocycles. The number of hydrogen-bond acceptors (Lipinski definition) is 4. The van der Waals surface area contributed by atoms with E-state index in [2.05, 4.69) is 34.2 Å². The molecule has 0 bridgehead atoms. The molecule has 1 amide bonds. The fraction of sp³-hybridized carbons (Fsp3) is 0.364. The second-order valence-corrected chi connectivity index (χ2v) is 8.88. The molecule has 4 rings (SSSR count). The highest BCUT2D eigenvalue weighted by atomic mass is 35.5. The number of amides is 1. The lowest BCUT2D eigenvalue weighted by atomic mass is 9.74. The molecule has 3 aromatic rings. The van der Waals surface area contributed by atoms with E-state index in [1.54, 1.807) is 6.20 Å². The van der Waals surface area contributed by atoms with Gasteiger partial charge in [0.05, 0.1) is 30.7 Å². The molecule has 0 saturated carbocycles. The molecular formula is C22H24ClN5O. The topological polar surface area (TPSA) is 72.7 Å². The van der Waals surface area contributed by atoms with E-state index in [4.69, 9.17) is 11.6 Å². The van der Waals surface area contributed by atoms with Crippen LogP contribution in [0.3, 0.4) is 0 Å². The average molecular weight is 410 g/mol. The van der Waals surface area contributed by atoms with Crippen LogP contribution < -0.4 is 5.32 Å². The largest absolute Gasteiger partial charge is 0.344 e. The Kier molecular flexibility index (Phi) is 5.13. The minimum Gasteiger partial charge on any atom is -0.344 e. The first-order valence-corrected chi connectivity index (χ1v) is 10.1. The Labute approximate surface area is 175 Å². The first-order valence-electron chi connectivity index (χ1n) is 9.69. The summed E-state index contributed by atoms with van der Waals surface area (Å²) >= 11 is 6.13. The zero-order valence-corrected chi connectivity index (χ0v) is 17.6. The maximum atomic E-state index is 12.7. The summed E-state index contributed by atoms with van der Waals surface area (Å²) in [6.07, 6.45) is 6.74. The number of rotatable bonds is 4. The van der Waals surface area contributed by atoms with Crippen molar-refractivity contribution in [2.24, 2.45) is 5.41 Å². The van der Waals surface area contributed by atoms with Gasteiger partial charge in [-0.25, -0.2) is 4.98 Å². The molecule has 1 aromatic carbocycles. The maximum absolute atomic E-state index is 12.7. The molecule has 0 radical (unpaired) electrons. The minimum absolute atomic E-state index is 0.0377. The lowest BCUT2D eigenvalue weighted by molar-refractivity contribution is 0.0913. The van der Waals surface area contributed by atoms with Gasteiger partial charge in [-0.3, -0.25) is 14.5 Å². The highest BCUT2D eigenvalue weighted by molar-refractivity contribution is 6.30.